The zero-order chi connectivity index (χ0) is 15.2. The molecule has 4 rings (SSSR count). The molecule has 0 saturated heterocycles. The molecular formula is C18H18N4. The fraction of sp³-hybridized carbons (Fsp3) is 0.333. The first kappa shape index (κ1) is 13.1. The zero-order valence-corrected chi connectivity index (χ0v) is 12.4. The van der Waals surface area contributed by atoms with Crippen LogP contribution in [-0.2, 0) is 5.41 Å². The summed E-state index contributed by atoms with van der Waals surface area (Å²) >= 11 is 0. The summed E-state index contributed by atoms with van der Waals surface area (Å²) in [5.41, 5.74) is 11.2. The Balaban J connectivity index is 1.81. The van der Waals surface area contributed by atoms with Gasteiger partial charge in [-0.2, -0.15) is 5.26 Å². The van der Waals surface area contributed by atoms with Crippen LogP contribution < -0.4 is 5.73 Å². The maximum atomic E-state index is 8.97. The molecule has 110 valence electrons. The summed E-state index contributed by atoms with van der Waals surface area (Å²) in [7, 11) is 0. The predicted octanol–water partition coefficient (Wildman–Crippen LogP) is 3.76. The lowest BCUT2D eigenvalue weighted by atomic mass is 9.69. The van der Waals surface area contributed by atoms with Crippen molar-refractivity contribution in [1.82, 2.24) is 4.98 Å². The second-order valence-electron chi connectivity index (χ2n) is 6.27. The van der Waals surface area contributed by atoms with Crippen molar-refractivity contribution in [2.45, 2.75) is 37.5 Å². The third-order valence-electron chi connectivity index (χ3n) is 5.07. The lowest BCUT2D eigenvalue weighted by Crippen LogP contribution is -2.40. The molecule has 1 aromatic carbocycles. The first-order chi connectivity index (χ1) is 10.7. The van der Waals surface area contributed by atoms with Crippen LogP contribution >= 0.6 is 0 Å². The summed E-state index contributed by atoms with van der Waals surface area (Å²) in [5.74, 6) is 0.781. The summed E-state index contributed by atoms with van der Waals surface area (Å²) in [5, 5.41) is 8.97. The highest BCUT2D eigenvalue weighted by Gasteiger charge is 2.43. The molecule has 0 amide bonds. The Hall–Kier alpha value is -2.54. The molecule has 0 radical (unpaired) electrons. The molecule has 0 bridgehead atoms. The highest BCUT2D eigenvalue weighted by atomic mass is 14.9. The van der Waals surface area contributed by atoms with Gasteiger partial charge in [0.25, 0.3) is 0 Å². The number of aromatic amines is 1. The minimum Gasteiger partial charge on any atom is -0.386 e. The molecule has 1 aliphatic carbocycles. The SMILES string of the molecule is N#Cc1ccc(-c2ccc3c(c2)C2(CCCCC2)C(N)=N3)[nH]1. The van der Waals surface area contributed by atoms with Crippen molar-refractivity contribution in [2.75, 3.05) is 0 Å². The second kappa shape index (κ2) is 4.74. The summed E-state index contributed by atoms with van der Waals surface area (Å²) in [4.78, 5) is 7.76. The van der Waals surface area contributed by atoms with E-state index in [0.717, 1.165) is 35.6 Å². The molecule has 2 aliphatic rings. The molecule has 1 saturated carbocycles. The van der Waals surface area contributed by atoms with Crippen LogP contribution in [0, 0.1) is 11.3 Å². The number of nitrogens with one attached hydrogen (secondary N) is 1. The lowest BCUT2D eigenvalue weighted by molar-refractivity contribution is 0.384. The van der Waals surface area contributed by atoms with Gasteiger partial charge in [0.05, 0.1) is 11.1 Å². The number of hydrogen-bond donors (Lipinski definition) is 2. The number of amidine groups is 1. The van der Waals surface area contributed by atoms with Crippen molar-refractivity contribution in [2.24, 2.45) is 10.7 Å². The Bertz CT molecular complexity index is 801. The number of nitrogens with two attached hydrogens (primary N) is 1. The van der Waals surface area contributed by atoms with Gasteiger partial charge < -0.3 is 10.7 Å². The van der Waals surface area contributed by atoms with Crippen molar-refractivity contribution < 1.29 is 0 Å². The van der Waals surface area contributed by atoms with E-state index in [1.165, 1.54) is 24.8 Å². The van der Waals surface area contributed by atoms with Crippen LogP contribution in [-0.4, -0.2) is 10.8 Å². The number of benzene rings is 1. The van der Waals surface area contributed by atoms with Gasteiger partial charge in [0.2, 0.25) is 0 Å². The van der Waals surface area contributed by atoms with Gasteiger partial charge in [-0.15, -0.1) is 0 Å². The van der Waals surface area contributed by atoms with Crippen molar-refractivity contribution in [3.05, 3.63) is 41.6 Å². The number of nitriles is 1. The smallest absolute Gasteiger partial charge is 0.118 e. The minimum atomic E-state index is -0.0613. The van der Waals surface area contributed by atoms with Gasteiger partial charge >= 0.3 is 0 Å². The zero-order valence-electron chi connectivity index (χ0n) is 12.4. The molecule has 3 N–H and O–H groups in total. The van der Waals surface area contributed by atoms with E-state index in [2.05, 4.69) is 22.1 Å². The molecular weight excluding hydrogens is 272 g/mol. The van der Waals surface area contributed by atoms with Crippen LogP contribution in [0.25, 0.3) is 11.3 Å². The van der Waals surface area contributed by atoms with Gasteiger partial charge in [0.15, 0.2) is 0 Å². The standard InChI is InChI=1S/C18H18N4/c19-11-13-5-7-15(21-13)12-4-6-16-14(10-12)18(17(20)22-16)8-2-1-3-9-18/h4-7,10,21H,1-3,8-9H2,(H2,20,22). The third kappa shape index (κ3) is 1.79. The number of hydrogen-bond acceptors (Lipinski definition) is 3. The summed E-state index contributed by atoms with van der Waals surface area (Å²) in [6.07, 6.45) is 5.88. The normalized spacial score (nSPS) is 18.8. The van der Waals surface area contributed by atoms with E-state index >= 15 is 0 Å². The molecule has 1 spiro atoms. The minimum absolute atomic E-state index is 0.0613. The quantitative estimate of drug-likeness (QED) is 0.838. The van der Waals surface area contributed by atoms with Crippen LogP contribution in [0.5, 0.6) is 0 Å². The van der Waals surface area contributed by atoms with Gasteiger partial charge in [0.1, 0.15) is 17.6 Å². The number of fused-ring (bicyclic) bond motifs is 2. The third-order valence-corrected chi connectivity index (χ3v) is 5.07. The number of H-pyrrole nitrogens is 1. The van der Waals surface area contributed by atoms with E-state index in [4.69, 9.17) is 11.0 Å². The average Bonchev–Trinajstić information content (AvgIpc) is 3.13. The Morgan fingerprint density at radius 1 is 1.14 bits per heavy atom. The van der Waals surface area contributed by atoms with Crippen LogP contribution in [0.2, 0.25) is 0 Å². The van der Waals surface area contributed by atoms with E-state index < -0.39 is 0 Å². The average molecular weight is 290 g/mol. The maximum absolute atomic E-state index is 8.97. The number of rotatable bonds is 1. The van der Waals surface area contributed by atoms with Gasteiger partial charge in [-0.05, 0) is 48.2 Å². The molecule has 0 unspecified atom stereocenters. The highest BCUT2D eigenvalue weighted by Crippen LogP contribution is 2.48. The Morgan fingerprint density at radius 3 is 2.68 bits per heavy atom. The fourth-order valence-corrected chi connectivity index (χ4v) is 3.87. The van der Waals surface area contributed by atoms with Crippen molar-refractivity contribution in [1.29, 1.82) is 5.26 Å². The first-order valence-corrected chi connectivity index (χ1v) is 7.82. The molecule has 4 nitrogen and oxygen atoms in total. The van der Waals surface area contributed by atoms with E-state index in [9.17, 15) is 0 Å². The van der Waals surface area contributed by atoms with E-state index in [-0.39, 0.29) is 5.41 Å². The first-order valence-electron chi connectivity index (χ1n) is 7.82. The van der Waals surface area contributed by atoms with Gasteiger partial charge in [0, 0.05) is 5.69 Å². The van der Waals surface area contributed by atoms with Crippen LogP contribution in [0.4, 0.5) is 5.69 Å². The largest absolute Gasteiger partial charge is 0.386 e. The van der Waals surface area contributed by atoms with Crippen LogP contribution in [0.3, 0.4) is 0 Å². The van der Waals surface area contributed by atoms with E-state index in [0.29, 0.717) is 5.69 Å². The molecule has 0 atom stereocenters. The topological polar surface area (TPSA) is 78.0 Å². The summed E-state index contributed by atoms with van der Waals surface area (Å²) in [6.45, 7) is 0. The van der Waals surface area contributed by atoms with Gasteiger partial charge in [-0.25, -0.2) is 4.99 Å². The molecule has 1 fully saturated rings. The Kier molecular flexibility index (Phi) is 2.83. The summed E-state index contributed by atoms with van der Waals surface area (Å²) in [6, 6.07) is 12.2. The monoisotopic (exact) mass is 290 g/mol. The molecule has 1 aromatic heterocycles. The Labute approximate surface area is 129 Å². The predicted molar refractivity (Wildman–Crippen MR) is 87.0 cm³/mol. The number of aliphatic imine (C=N–C) groups is 1. The van der Waals surface area contributed by atoms with Gasteiger partial charge in [-0.3, -0.25) is 0 Å². The molecule has 2 aromatic rings. The van der Waals surface area contributed by atoms with Crippen molar-refractivity contribution >= 4 is 11.5 Å². The second-order valence-corrected chi connectivity index (χ2v) is 6.27. The number of nitrogens with zero attached hydrogens (tertiary/aromatic N) is 2. The number of aromatic nitrogens is 1. The maximum Gasteiger partial charge on any atom is 0.118 e. The van der Waals surface area contributed by atoms with Crippen molar-refractivity contribution in [3.63, 3.8) is 0 Å². The van der Waals surface area contributed by atoms with Gasteiger partial charge in [-0.1, -0.05) is 25.3 Å². The molecule has 2 heterocycles. The molecule has 1 aliphatic heterocycles. The molecule has 22 heavy (non-hydrogen) atoms. The fourth-order valence-electron chi connectivity index (χ4n) is 3.87. The Morgan fingerprint density at radius 2 is 1.95 bits per heavy atom. The van der Waals surface area contributed by atoms with E-state index in [1.807, 2.05) is 24.3 Å². The lowest BCUT2D eigenvalue weighted by Gasteiger charge is -2.34. The summed E-state index contributed by atoms with van der Waals surface area (Å²) < 4.78 is 0. The van der Waals surface area contributed by atoms with Crippen molar-refractivity contribution in [3.8, 4) is 17.3 Å². The van der Waals surface area contributed by atoms with E-state index in [1.54, 1.807) is 0 Å². The molecule has 4 heteroatoms. The van der Waals surface area contributed by atoms with Crippen LogP contribution in [0.15, 0.2) is 35.3 Å². The van der Waals surface area contributed by atoms with Crippen LogP contribution in [0.1, 0.15) is 43.4 Å². The highest BCUT2D eigenvalue weighted by molar-refractivity contribution is 5.99.